The Bertz CT molecular complexity index is 1870. The van der Waals surface area contributed by atoms with Crippen LogP contribution >= 0.6 is 0 Å². The summed E-state index contributed by atoms with van der Waals surface area (Å²) in [5, 5.41) is 7.66. The Balaban J connectivity index is 1.68. The molecule has 0 heterocycles. The number of benzene rings is 7. The van der Waals surface area contributed by atoms with E-state index >= 15 is 0 Å². The van der Waals surface area contributed by atoms with Crippen molar-refractivity contribution < 1.29 is 0 Å². The van der Waals surface area contributed by atoms with Gasteiger partial charge in [0.1, 0.15) is 0 Å². The highest BCUT2D eigenvalue weighted by atomic mass is 14.2. The molecule has 0 N–H and O–H groups in total. The number of aryl methyl sites for hydroxylation is 1. The quantitative estimate of drug-likeness (QED) is 0.225. The Morgan fingerprint density at radius 2 is 0.784 bits per heavy atom. The van der Waals surface area contributed by atoms with Crippen molar-refractivity contribution in [3.8, 4) is 33.4 Å². The predicted molar refractivity (Wildman–Crippen MR) is 160 cm³/mol. The molecule has 0 aliphatic carbocycles. The van der Waals surface area contributed by atoms with Crippen LogP contribution in [0, 0.1) is 6.92 Å². The van der Waals surface area contributed by atoms with Crippen molar-refractivity contribution in [2.75, 3.05) is 0 Å². The summed E-state index contributed by atoms with van der Waals surface area (Å²) in [5.41, 5.74) is 8.97. The molecule has 174 valence electrons. The topological polar surface area (TPSA) is 0 Å². The number of rotatable bonds is 3. The van der Waals surface area contributed by atoms with Crippen LogP contribution in [0.4, 0.5) is 0 Å². The molecule has 7 aromatic carbocycles. The molecule has 0 aliphatic rings. The van der Waals surface area contributed by atoms with Crippen LogP contribution in [0.25, 0.3) is 65.7 Å². The van der Waals surface area contributed by atoms with Gasteiger partial charge in [0, 0.05) is 0 Å². The third-order valence-corrected chi connectivity index (χ3v) is 7.59. The maximum atomic E-state index is 2.39. The van der Waals surface area contributed by atoms with E-state index in [0.717, 1.165) is 0 Å². The van der Waals surface area contributed by atoms with Crippen LogP contribution in [-0.2, 0) is 0 Å². The molecular weight excluding hydrogens is 444 g/mol. The van der Waals surface area contributed by atoms with Gasteiger partial charge < -0.3 is 0 Å². The summed E-state index contributed by atoms with van der Waals surface area (Å²) in [6.45, 7) is 2.21. The van der Waals surface area contributed by atoms with Gasteiger partial charge in [-0.15, -0.1) is 0 Å². The van der Waals surface area contributed by atoms with Crippen molar-refractivity contribution in [2.24, 2.45) is 0 Å². The first-order chi connectivity index (χ1) is 18.3. The Morgan fingerprint density at radius 1 is 0.351 bits per heavy atom. The van der Waals surface area contributed by atoms with Crippen molar-refractivity contribution in [2.45, 2.75) is 6.92 Å². The lowest BCUT2D eigenvalue weighted by molar-refractivity contribution is 1.47. The third-order valence-electron chi connectivity index (χ3n) is 7.59. The van der Waals surface area contributed by atoms with E-state index in [4.69, 9.17) is 0 Å². The summed E-state index contributed by atoms with van der Waals surface area (Å²) < 4.78 is 0. The van der Waals surface area contributed by atoms with Gasteiger partial charge in [-0.25, -0.2) is 0 Å². The summed E-state index contributed by atoms with van der Waals surface area (Å²) in [7, 11) is 0. The fraction of sp³-hybridized carbons (Fsp3) is 0.0270. The highest BCUT2D eigenvalue weighted by molar-refractivity contribution is 6.23. The summed E-state index contributed by atoms with van der Waals surface area (Å²) in [4.78, 5) is 0. The average Bonchev–Trinajstić information content (AvgIpc) is 2.96. The standard InChI is InChI=1S/C37H26/c1-25-13-5-8-18-29(25)36-30-19-9-11-21-32(30)37(33-22-12-10-20-31(33)36)35-24-28-17-7-6-16-27(28)23-34(35)26-14-3-2-4-15-26/h2-24H,1H3. The zero-order valence-corrected chi connectivity index (χ0v) is 20.8. The van der Waals surface area contributed by atoms with E-state index in [9.17, 15) is 0 Å². The smallest absolute Gasteiger partial charge is 0.00199 e. The fourth-order valence-electron chi connectivity index (χ4n) is 5.87. The normalized spacial score (nSPS) is 11.4. The second-order valence-corrected chi connectivity index (χ2v) is 9.77. The third kappa shape index (κ3) is 3.53. The Morgan fingerprint density at radius 3 is 1.35 bits per heavy atom. The molecule has 0 atom stereocenters. The molecule has 7 aromatic rings. The van der Waals surface area contributed by atoms with Crippen LogP contribution in [0.2, 0.25) is 0 Å². The van der Waals surface area contributed by atoms with E-state index in [0.29, 0.717) is 0 Å². The average molecular weight is 471 g/mol. The summed E-state index contributed by atoms with van der Waals surface area (Å²) >= 11 is 0. The lowest BCUT2D eigenvalue weighted by Crippen LogP contribution is -1.94. The number of hydrogen-bond donors (Lipinski definition) is 0. The van der Waals surface area contributed by atoms with E-state index in [2.05, 4.69) is 146 Å². The molecule has 37 heavy (non-hydrogen) atoms. The van der Waals surface area contributed by atoms with E-state index in [-0.39, 0.29) is 0 Å². The van der Waals surface area contributed by atoms with Gasteiger partial charge in [0.2, 0.25) is 0 Å². The van der Waals surface area contributed by atoms with Crippen molar-refractivity contribution in [3.63, 3.8) is 0 Å². The second kappa shape index (κ2) is 8.76. The zero-order chi connectivity index (χ0) is 24.8. The molecule has 0 aliphatic heterocycles. The van der Waals surface area contributed by atoms with Crippen molar-refractivity contribution in [1.82, 2.24) is 0 Å². The van der Waals surface area contributed by atoms with Crippen LogP contribution in [0.3, 0.4) is 0 Å². The predicted octanol–water partition coefficient (Wildman–Crippen LogP) is 10.5. The molecule has 0 bridgehead atoms. The molecule has 0 heteroatoms. The molecule has 0 unspecified atom stereocenters. The molecular formula is C37H26. The summed E-state index contributed by atoms with van der Waals surface area (Å²) in [5.74, 6) is 0. The van der Waals surface area contributed by atoms with E-state index < -0.39 is 0 Å². The van der Waals surface area contributed by atoms with Crippen molar-refractivity contribution >= 4 is 32.3 Å². The van der Waals surface area contributed by atoms with Crippen LogP contribution in [0.15, 0.2) is 140 Å². The van der Waals surface area contributed by atoms with Gasteiger partial charge >= 0.3 is 0 Å². The van der Waals surface area contributed by atoms with E-state index in [1.165, 1.54) is 71.3 Å². The van der Waals surface area contributed by atoms with Gasteiger partial charge in [-0.1, -0.05) is 127 Å². The minimum absolute atomic E-state index is 1.24. The second-order valence-electron chi connectivity index (χ2n) is 9.77. The molecule has 0 radical (unpaired) electrons. The van der Waals surface area contributed by atoms with Crippen LogP contribution < -0.4 is 0 Å². The fourth-order valence-corrected chi connectivity index (χ4v) is 5.87. The van der Waals surface area contributed by atoms with E-state index in [1.807, 2.05) is 0 Å². The lowest BCUT2D eigenvalue weighted by Gasteiger charge is -2.21. The largest absolute Gasteiger partial charge is 0.0622 e. The number of hydrogen-bond acceptors (Lipinski definition) is 0. The molecule has 0 saturated heterocycles. The molecule has 0 nitrogen and oxygen atoms in total. The first kappa shape index (κ1) is 21.6. The van der Waals surface area contributed by atoms with Crippen LogP contribution in [0.1, 0.15) is 5.56 Å². The SMILES string of the molecule is Cc1ccccc1-c1c2ccccc2c(-c2cc3ccccc3cc2-c2ccccc2)c2ccccc12. The highest BCUT2D eigenvalue weighted by Gasteiger charge is 2.19. The summed E-state index contributed by atoms with van der Waals surface area (Å²) in [6.07, 6.45) is 0. The maximum absolute atomic E-state index is 2.39. The van der Waals surface area contributed by atoms with Crippen LogP contribution in [-0.4, -0.2) is 0 Å². The molecule has 0 saturated carbocycles. The highest BCUT2D eigenvalue weighted by Crippen LogP contribution is 2.47. The van der Waals surface area contributed by atoms with Crippen LogP contribution in [0.5, 0.6) is 0 Å². The van der Waals surface area contributed by atoms with Gasteiger partial charge in [0.15, 0.2) is 0 Å². The minimum atomic E-state index is 1.24. The molecule has 7 rings (SSSR count). The van der Waals surface area contributed by atoms with Gasteiger partial charge in [-0.3, -0.25) is 0 Å². The molecule has 0 fully saturated rings. The monoisotopic (exact) mass is 470 g/mol. The Hall–Kier alpha value is -4.68. The van der Waals surface area contributed by atoms with E-state index in [1.54, 1.807) is 0 Å². The Kier molecular flexibility index (Phi) is 5.11. The van der Waals surface area contributed by atoms with Crippen molar-refractivity contribution in [1.29, 1.82) is 0 Å². The molecule has 0 spiro atoms. The molecule has 0 amide bonds. The maximum Gasteiger partial charge on any atom is -0.00199 e. The lowest BCUT2D eigenvalue weighted by atomic mass is 9.82. The first-order valence-electron chi connectivity index (χ1n) is 12.9. The van der Waals surface area contributed by atoms with Gasteiger partial charge in [-0.05, 0) is 90.3 Å². The first-order valence-corrected chi connectivity index (χ1v) is 12.9. The summed E-state index contributed by atoms with van der Waals surface area (Å²) in [6, 6.07) is 50.8. The number of fused-ring (bicyclic) bond motifs is 3. The Labute approximate surface area is 217 Å². The molecule has 0 aromatic heterocycles. The minimum Gasteiger partial charge on any atom is -0.0622 e. The zero-order valence-electron chi connectivity index (χ0n) is 20.8. The van der Waals surface area contributed by atoms with Gasteiger partial charge in [0.25, 0.3) is 0 Å². The van der Waals surface area contributed by atoms with Gasteiger partial charge in [0.05, 0.1) is 0 Å². The van der Waals surface area contributed by atoms with Crippen molar-refractivity contribution in [3.05, 3.63) is 145 Å². The van der Waals surface area contributed by atoms with Gasteiger partial charge in [-0.2, -0.15) is 0 Å².